The van der Waals surface area contributed by atoms with E-state index in [4.69, 9.17) is 10.6 Å². The summed E-state index contributed by atoms with van der Waals surface area (Å²) in [5, 5.41) is 0. The largest absolute Gasteiger partial charge is 0.484 e. The van der Waals surface area contributed by atoms with E-state index in [-0.39, 0.29) is 11.5 Å². The highest BCUT2D eigenvalue weighted by molar-refractivity contribution is 5.81. The van der Waals surface area contributed by atoms with Crippen LogP contribution in [-0.2, 0) is 4.74 Å². The summed E-state index contributed by atoms with van der Waals surface area (Å²) in [7, 11) is 1.63. The van der Waals surface area contributed by atoms with Crippen molar-refractivity contribution < 1.29 is 4.74 Å². The molecule has 1 heterocycles. The van der Waals surface area contributed by atoms with Crippen molar-refractivity contribution in [2.75, 3.05) is 7.11 Å². The van der Waals surface area contributed by atoms with Gasteiger partial charge in [-0.2, -0.15) is 0 Å². The van der Waals surface area contributed by atoms with Gasteiger partial charge in [0.25, 0.3) is 0 Å². The SMILES string of the molecule is C=C1N=C(OC)C(C)CC1(C)NN. The molecule has 3 N–H and O–H groups in total. The van der Waals surface area contributed by atoms with Crippen LogP contribution >= 0.6 is 0 Å². The molecule has 1 aliphatic rings. The summed E-state index contributed by atoms with van der Waals surface area (Å²) < 4.78 is 5.13. The molecule has 0 aromatic heterocycles. The molecule has 74 valence electrons. The molecule has 0 radical (unpaired) electrons. The maximum absolute atomic E-state index is 5.46. The van der Waals surface area contributed by atoms with Gasteiger partial charge in [-0.3, -0.25) is 5.84 Å². The molecule has 1 rings (SSSR count). The summed E-state index contributed by atoms with van der Waals surface area (Å²) >= 11 is 0. The average molecular weight is 183 g/mol. The summed E-state index contributed by atoms with van der Waals surface area (Å²) in [6, 6.07) is 0. The smallest absolute Gasteiger partial charge is 0.190 e. The van der Waals surface area contributed by atoms with Crippen LogP contribution in [0.4, 0.5) is 0 Å². The van der Waals surface area contributed by atoms with E-state index in [0.29, 0.717) is 0 Å². The van der Waals surface area contributed by atoms with Crippen LogP contribution in [0.5, 0.6) is 0 Å². The summed E-state index contributed by atoms with van der Waals surface area (Å²) in [4.78, 5) is 4.26. The lowest BCUT2D eigenvalue weighted by molar-refractivity contribution is 0.297. The molecular formula is C9H17N3O. The normalized spacial score (nSPS) is 34.3. The van der Waals surface area contributed by atoms with Gasteiger partial charge >= 0.3 is 0 Å². The summed E-state index contributed by atoms with van der Waals surface area (Å²) in [5.74, 6) is 6.46. The zero-order valence-corrected chi connectivity index (χ0v) is 8.42. The number of rotatable bonds is 1. The van der Waals surface area contributed by atoms with Crippen LogP contribution in [0.25, 0.3) is 0 Å². The molecule has 1 aliphatic heterocycles. The first-order valence-electron chi connectivity index (χ1n) is 4.33. The third-order valence-corrected chi connectivity index (χ3v) is 2.55. The molecule has 0 aromatic rings. The Kier molecular flexibility index (Phi) is 2.73. The van der Waals surface area contributed by atoms with Crippen molar-refractivity contribution in [1.82, 2.24) is 5.43 Å². The third-order valence-electron chi connectivity index (χ3n) is 2.55. The fraction of sp³-hybridized carbons (Fsp3) is 0.667. The van der Waals surface area contributed by atoms with Gasteiger partial charge in [-0.1, -0.05) is 13.5 Å². The van der Waals surface area contributed by atoms with Gasteiger partial charge in [0.05, 0.1) is 18.3 Å². The van der Waals surface area contributed by atoms with E-state index in [9.17, 15) is 0 Å². The summed E-state index contributed by atoms with van der Waals surface area (Å²) in [6.45, 7) is 7.91. The summed E-state index contributed by atoms with van der Waals surface area (Å²) in [6.07, 6.45) is 0.856. The van der Waals surface area contributed by atoms with Gasteiger partial charge in [0.2, 0.25) is 0 Å². The molecule has 0 aromatic carbocycles. The number of ether oxygens (including phenoxy) is 1. The predicted octanol–water partition coefficient (Wildman–Crippen LogP) is 0.807. The van der Waals surface area contributed by atoms with Gasteiger partial charge in [-0.05, 0) is 13.3 Å². The van der Waals surface area contributed by atoms with Gasteiger partial charge < -0.3 is 4.74 Å². The Hall–Kier alpha value is -0.870. The first-order chi connectivity index (χ1) is 6.03. The van der Waals surface area contributed by atoms with E-state index in [1.807, 2.05) is 6.92 Å². The van der Waals surface area contributed by atoms with Gasteiger partial charge in [-0.25, -0.2) is 10.4 Å². The topological polar surface area (TPSA) is 59.6 Å². The minimum Gasteiger partial charge on any atom is -0.484 e. The second-order valence-corrected chi connectivity index (χ2v) is 3.68. The number of nitrogens with one attached hydrogen (secondary N) is 1. The first-order valence-corrected chi connectivity index (χ1v) is 4.33. The minimum absolute atomic E-state index is 0.275. The molecule has 0 amide bonds. The fourth-order valence-corrected chi connectivity index (χ4v) is 1.57. The monoisotopic (exact) mass is 183 g/mol. The number of methoxy groups -OCH3 is 1. The lowest BCUT2D eigenvalue weighted by Crippen LogP contribution is -2.51. The number of aliphatic imine (C=N–C) groups is 1. The minimum atomic E-state index is -0.304. The summed E-state index contributed by atoms with van der Waals surface area (Å²) in [5.41, 5.74) is 3.17. The van der Waals surface area contributed by atoms with E-state index >= 15 is 0 Å². The Morgan fingerprint density at radius 1 is 1.77 bits per heavy atom. The van der Waals surface area contributed by atoms with Crippen LogP contribution in [0, 0.1) is 5.92 Å². The highest BCUT2D eigenvalue weighted by Gasteiger charge is 2.35. The zero-order chi connectivity index (χ0) is 10.1. The maximum Gasteiger partial charge on any atom is 0.190 e. The van der Waals surface area contributed by atoms with Gasteiger partial charge in [-0.15, -0.1) is 0 Å². The Morgan fingerprint density at radius 3 is 2.85 bits per heavy atom. The molecule has 0 fully saturated rings. The molecule has 0 aliphatic carbocycles. The maximum atomic E-state index is 5.46. The number of nitrogens with zero attached hydrogens (tertiary/aromatic N) is 1. The highest BCUT2D eigenvalue weighted by atomic mass is 16.5. The van der Waals surface area contributed by atoms with Gasteiger partial charge in [0.15, 0.2) is 5.90 Å². The molecule has 0 bridgehead atoms. The van der Waals surface area contributed by atoms with Crippen molar-refractivity contribution in [2.24, 2.45) is 16.8 Å². The second-order valence-electron chi connectivity index (χ2n) is 3.68. The van der Waals surface area contributed by atoms with E-state index in [1.54, 1.807) is 7.11 Å². The quantitative estimate of drug-likeness (QED) is 0.467. The van der Waals surface area contributed by atoms with Crippen LogP contribution in [0.2, 0.25) is 0 Å². The zero-order valence-electron chi connectivity index (χ0n) is 8.42. The highest BCUT2D eigenvalue weighted by Crippen LogP contribution is 2.30. The Labute approximate surface area is 78.8 Å². The molecule has 2 atom stereocenters. The van der Waals surface area contributed by atoms with Crippen molar-refractivity contribution in [2.45, 2.75) is 25.8 Å². The predicted molar refractivity (Wildman–Crippen MR) is 53.1 cm³/mol. The second kappa shape index (κ2) is 3.47. The molecular weight excluding hydrogens is 166 g/mol. The van der Waals surface area contributed by atoms with Crippen molar-refractivity contribution >= 4 is 5.90 Å². The van der Waals surface area contributed by atoms with E-state index in [0.717, 1.165) is 18.0 Å². The standard InChI is InChI=1S/C9H17N3O/c1-6-5-9(3,12-10)7(2)11-8(6)13-4/h6,12H,2,5,10H2,1,3-4H3. The molecule has 4 heteroatoms. The van der Waals surface area contributed by atoms with Crippen LogP contribution in [0.3, 0.4) is 0 Å². The van der Waals surface area contributed by atoms with Crippen molar-refractivity contribution in [3.8, 4) is 0 Å². The van der Waals surface area contributed by atoms with Crippen LogP contribution in [-0.4, -0.2) is 18.5 Å². The average Bonchev–Trinajstić information content (AvgIpc) is 2.11. The number of hydrazine groups is 1. The third kappa shape index (κ3) is 1.73. The number of nitrogens with two attached hydrogens (primary N) is 1. The molecule has 13 heavy (non-hydrogen) atoms. The van der Waals surface area contributed by atoms with Crippen LogP contribution in [0.1, 0.15) is 20.3 Å². The number of hydrogen-bond acceptors (Lipinski definition) is 4. The van der Waals surface area contributed by atoms with Crippen LogP contribution in [0.15, 0.2) is 17.3 Å². The van der Waals surface area contributed by atoms with E-state index in [1.165, 1.54) is 0 Å². The van der Waals surface area contributed by atoms with Crippen molar-refractivity contribution in [1.29, 1.82) is 0 Å². The van der Waals surface area contributed by atoms with Crippen LogP contribution < -0.4 is 11.3 Å². The Bertz CT molecular complexity index is 249. The van der Waals surface area contributed by atoms with Crippen molar-refractivity contribution in [3.63, 3.8) is 0 Å². The molecule has 2 unspecified atom stereocenters. The van der Waals surface area contributed by atoms with Gasteiger partial charge in [0.1, 0.15) is 0 Å². The first kappa shape index (κ1) is 10.2. The Morgan fingerprint density at radius 2 is 2.38 bits per heavy atom. The molecule has 0 spiro atoms. The number of hydrogen-bond donors (Lipinski definition) is 2. The lowest BCUT2D eigenvalue weighted by atomic mass is 9.85. The Balaban J connectivity index is 2.93. The van der Waals surface area contributed by atoms with Gasteiger partial charge in [0, 0.05) is 5.92 Å². The van der Waals surface area contributed by atoms with Crippen molar-refractivity contribution in [3.05, 3.63) is 12.3 Å². The molecule has 0 saturated carbocycles. The lowest BCUT2D eigenvalue weighted by Gasteiger charge is -2.35. The van der Waals surface area contributed by atoms with E-state index in [2.05, 4.69) is 23.9 Å². The molecule has 0 saturated heterocycles. The van der Waals surface area contributed by atoms with E-state index < -0.39 is 0 Å². The fourth-order valence-electron chi connectivity index (χ4n) is 1.57. The molecule has 4 nitrogen and oxygen atoms in total.